The van der Waals surface area contributed by atoms with Crippen LogP contribution in [0.15, 0.2) is 15.7 Å². The molecule has 0 aromatic carbocycles. The maximum absolute atomic E-state index is 12.1. The maximum Gasteiger partial charge on any atom is 0.410 e. The van der Waals surface area contributed by atoms with Crippen LogP contribution in [0.5, 0.6) is 0 Å². The number of ether oxygens (including phenoxy) is 1. The van der Waals surface area contributed by atoms with Gasteiger partial charge in [0.05, 0.1) is 10.8 Å². The zero-order valence-electron chi connectivity index (χ0n) is 13.5. The molecule has 1 amide bonds. The summed E-state index contributed by atoms with van der Waals surface area (Å²) in [5.74, 6) is 1.05. The number of carbonyl (C=O) groups excluding carboxylic acids is 1. The summed E-state index contributed by atoms with van der Waals surface area (Å²) in [5.41, 5.74) is 4.83. The van der Waals surface area contributed by atoms with E-state index in [9.17, 15) is 4.79 Å². The lowest BCUT2D eigenvalue weighted by molar-refractivity contribution is 0.0240. The summed E-state index contributed by atoms with van der Waals surface area (Å²) in [5, 5.41) is 0. The first-order valence-electron chi connectivity index (χ1n) is 7.30. The number of halogens is 1. The van der Waals surface area contributed by atoms with E-state index in [1.807, 2.05) is 25.7 Å². The average molecular weight is 385 g/mol. The molecule has 0 aliphatic carbocycles. The summed E-state index contributed by atoms with van der Waals surface area (Å²) in [6.45, 7) is 7.95. The summed E-state index contributed by atoms with van der Waals surface area (Å²) < 4.78 is 6.06. The number of aromatic nitrogens is 2. The third-order valence-corrected chi connectivity index (χ3v) is 3.68. The first-order valence-corrected chi connectivity index (χ1v) is 8.09. The van der Waals surface area contributed by atoms with Gasteiger partial charge in [-0.05, 0) is 36.7 Å². The Hall–Kier alpha value is -1.90. The molecule has 1 aliphatic heterocycles. The molecule has 0 spiro atoms. The Labute approximate surface area is 143 Å². The second kappa shape index (κ2) is 7.12. The molecule has 1 aliphatic rings. The van der Waals surface area contributed by atoms with Crippen molar-refractivity contribution in [2.75, 3.05) is 31.1 Å². The SMILES string of the molecule is CC(C)(C)OC(=O)N1CCN(c2ncc(Br)c(N=CN)n2)CC1. The normalized spacial score (nSPS) is 16.0. The van der Waals surface area contributed by atoms with E-state index in [4.69, 9.17) is 10.5 Å². The van der Waals surface area contributed by atoms with Crippen molar-refractivity contribution in [2.24, 2.45) is 10.7 Å². The number of nitrogens with zero attached hydrogens (tertiary/aromatic N) is 5. The van der Waals surface area contributed by atoms with Gasteiger partial charge in [0.2, 0.25) is 5.95 Å². The molecule has 2 rings (SSSR count). The van der Waals surface area contributed by atoms with Crippen LogP contribution in [0.25, 0.3) is 0 Å². The fourth-order valence-corrected chi connectivity index (χ4v) is 2.37. The van der Waals surface area contributed by atoms with Crippen molar-refractivity contribution in [2.45, 2.75) is 26.4 Å². The van der Waals surface area contributed by atoms with Crippen LogP contribution >= 0.6 is 15.9 Å². The first kappa shape index (κ1) is 17.5. The molecule has 0 radical (unpaired) electrons. The van der Waals surface area contributed by atoms with Crippen molar-refractivity contribution in [1.29, 1.82) is 0 Å². The molecule has 1 fully saturated rings. The summed E-state index contributed by atoms with van der Waals surface area (Å²) >= 11 is 3.33. The molecule has 23 heavy (non-hydrogen) atoms. The topological polar surface area (TPSA) is 96.9 Å². The van der Waals surface area contributed by atoms with Gasteiger partial charge in [0.25, 0.3) is 0 Å². The van der Waals surface area contributed by atoms with Gasteiger partial charge in [-0.1, -0.05) is 0 Å². The van der Waals surface area contributed by atoms with Crippen molar-refractivity contribution in [3.05, 3.63) is 10.7 Å². The average Bonchev–Trinajstić information content (AvgIpc) is 2.48. The minimum absolute atomic E-state index is 0.290. The summed E-state index contributed by atoms with van der Waals surface area (Å²) in [6, 6.07) is 0. The number of aliphatic imine (C=N–C) groups is 1. The molecular formula is C14H21BrN6O2. The Bertz CT molecular complexity index is 593. The number of anilines is 1. The molecule has 0 bridgehead atoms. The predicted molar refractivity (Wildman–Crippen MR) is 92.1 cm³/mol. The Morgan fingerprint density at radius 2 is 2.04 bits per heavy atom. The van der Waals surface area contributed by atoms with Crippen molar-refractivity contribution in [1.82, 2.24) is 14.9 Å². The number of rotatable bonds is 2. The highest BCUT2D eigenvalue weighted by Gasteiger charge is 2.26. The van der Waals surface area contributed by atoms with Crippen LogP contribution in [0.2, 0.25) is 0 Å². The van der Waals surface area contributed by atoms with E-state index in [1.165, 1.54) is 6.34 Å². The van der Waals surface area contributed by atoms with Crippen molar-refractivity contribution >= 4 is 40.1 Å². The molecule has 0 saturated carbocycles. The van der Waals surface area contributed by atoms with Crippen molar-refractivity contribution in [3.63, 3.8) is 0 Å². The minimum Gasteiger partial charge on any atom is -0.444 e. The van der Waals surface area contributed by atoms with Gasteiger partial charge >= 0.3 is 6.09 Å². The van der Waals surface area contributed by atoms with Crippen molar-refractivity contribution in [3.8, 4) is 0 Å². The largest absolute Gasteiger partial charge is 0.444 e. The van der Waals surface area contributed by atoms with E-state index in [0.717, 1.165) is 0 Å². The number of hydrogen-bond acceptors (Lipinski definition) is 6. The molecule has 9 heteroatoms. The zero-order valence-corrected chi connectivity index (χ0v) is 15.1. The Kier molecular flexibility index (Phi) is 5.40. The molecular weight excluding hydrogens is 364 g/mol. The Morgan fingerprint density at radius 3 is 2.61 bits per heavy atom. The fourth-order valence-electron chi connectivity index (χ4n) is 2.08. The van der Waals surface area contributed by atoms with E-state index in [1.54, 1.807) is 11.1 Å². The van der Waals surface area contributed by atoms with Gasteiger partial charge in [0.15, 0.2) is 5.82 Å². The second-order valence-corrected chi connectivity index (χ2v) is 6.93. The molecule has 2 heterocycles. The first-order chi connectivity index (χ1) is 10.8. The lowest BCUT2D eigenvalue weighted by Crippen LogP contribution is -2.50. The van der Waals surface area contributed by atoms with Gasteiger partial charge < -0.3 is 20.3 Å². The molecule has 1 aromatic rings. The zero-order chi connectivity index (χ0) is 17.0. The molecule has 8 nitrogen and oxygen atoms in total. The van der Waals surface area contributed by atoms with Crippen LogP contribution in [-0.2, 0) is 4.74 Å². The van der Waals surface area contributed by atoms with E-state index >= 15 is 0 Å². The van der Waals surface area contributed by atoms with E-state index in [2.05, 4.69) is 30.9 Å². The van der Waals surface area contributed by atoms with Crippen LogP contribution in [-0.4, -0.2) is 59.1 Å². The third kappa shape index (κ3) is 4.78. The van der Waals surface area contributed by atoms with Crippen LogP contribution in [0.3, 0.4) is 0 Å². The highest BCUT2D eigenvalue weighted by molar-refractivity contribution is 9.10. The number of nitrogens with two attached hydrogens (primary N) is 1. The lowest BCUT2D eigenvalue weighted by atomic mass is 10.2. The van der Waals surface area contributed by atoms with E-state index in [-0.39, 0.29) is 6.09 Å². The molecule has 1 aromatic heterocycles. The van der Waals surface area contributed by atoms with Crippen LogP contribution in [0, 0.1) is 0 Å². The second-order valence-electron chi connectivity index (χ2n) is 6.07. The lowest BCUT2D eigenvalue weighted by Gasteiger charge is -2.35. The van der Waals surface area contributed by atoms with Gasteiger partial charge in [0, 0.05) is 32.4 Å². The van der Waals surface area contributed by atoms with Crippen LogP contribution in [0.1, 0.15) is 20.8 Å². The van der Waals surface area contributed by atoms with Gasteiger partial charge in [-0.15, -0.1) is 0 Å². The maximum atomic E-state index is 12.1. The summed E-state index contributed by atoms with van der Waals surface area (Å²) in [4.78, 5) is 28.4. The number of piperazine rings is 1. The van der Waals surface area contributed by atoms with Gasteiger partial charge in [-0.3, -0.25) is 0 Å². The van der Waals surface area contributed by atoms with E-state index in [0.29, 0.717) is 42.4 Å². The predicted octanol–water partition coefficient (Wildman–Crippen LogP) is 1.91. The van der Waals surface area contributed by atoms with Crippen LogP contribution < -0.4 is 10.6 Å². The standard InChI is InChI=1S/C14H21BrN6O2/c1-14(2,3)23-13(22)21-6-4-20(5-7-21)12-17-8-10(15)11(19-12)18-9-16/h8-9H,4-7H2,1-3H3,(H2,16,17,18,19). The van der Waals surface area contributed by atoms with Gasteiger partial charge in [-0.2, -0.15) is 4.98 Å². The summed E-state index contributed by atoms with van der Waals surface area (Å²) in [6.07, 6.45) is 2.55. The quantitative estimate of drug-likeness (QED) is 0.617. The highest BCUT2D eigenvalue weighted by atomic mass is 79.9. The molecule has 2 N–H and O–H groups in total. The third-order valence-electron chi connectivity index (χ3n) is 3.12. The highest BCUT2D eigenvalue weighted by Crippen LogP contribution is 2.24. The van der Waals surface area contributed by atoms with Gasteiger partial charge in [-0.25, -0.2) is 14.8 Å². The number of carbonyl (C=O) groups is 1. The van der Waals surface area contributed by atoms with Crippen molar-refractivity contribution < 1.29 is 9.53 Å². The van der Waals surface area contributed by atoms with Gasteiger partial charge in [0.1, 0.15) is 5.60 Å². The number of hydrogen-bond donors (Lipinski definition) is 1. The minimum atomic E-state index is -0.488. The molecule has 0 unspecified atom stereocenters. The molecule has 1 saturated heterocycles. The Morgan fingerprint density at radius 1 is 1.39 bits per heavy atom. The smallest absolute Gasteiger partial charge is 0.410 e. The molecule has 126 valence electrons. The Balaban J connectivity index is 1.99. The summed E-state index contributed by atoms with van der Waals surface area (Å²) in [7, 11) is 0. The number of amides is 1. The fraction of sp³-hybridized carbons (Fsp3) is 0.571. The molecule has 0 atom stereocenters. The van der Waals surface area contributed by atoms with Crippen LogP contribution in [0.4, 0.5) is 16.6 Å². The van der Waals surface area contributed by atoms with E-state index < -0.39 is 5.60 Å². The monoisotopic (exact) mass is 384 g/mol.